The highest BCUT2D eigenvalue weighted by Gasteiger charge is 2.18. The van der Waals surface area contributed by atoms with E-state index >= 15 is 0 Å². The highest BCUT2D eigenvalue weighted by atomic mass is 16.3. The number of carbonyl (C=O) groups is 1. The smallest absolute Gasteiger partial charge is 0.220 e. The van der Waals surface area contributed by atoms with E-state index in [1.807, 2.05) is 6.08 Å². The van der Waals surface area contributed by atoms with Gasteiger partial charge in [0, 0.05) is 6.42 Å². The molecule has 3 N–H and O–H groups in total. The summed E-state index contributed by atoms with van der Waals surface area (Å²) in [6.45, 7) is 4.35. The standard InChI is InChI=1S/C73H141NO3/c1-3-5-7-9-11-13-15-17-19-21-23-25-27-29-31-33-35-36-37-38-39-41-43-45-47-49-51-53-55-57-59-61-63-65-67-69-73(77)74-71(70-75)72(76)68-66-64-62-60-58-56-54-52-50-48-46-44-42-40-34-32-30-28-26-24-22-20-18-16-14-12-10-8-6-4-2/h21,23,58,60,66,68,71-72,75-76H,3-20,22,24-57,59,61-65,67,69-70H2,1-2H3,(H,74,77)/b23-21-,60-58+,68-66+. The van der Waals surface area contributed by atoms with E-state index in [4.69, 9.17) is 0 Å². The first kappa shape index (κ1) is 75.6. The van der Waals surface area contributed by atoms with Gasteiger partial charge in [-0.2, -0.15) is 0 Å². The van der Waals surface area contributed by atoms with Crippen molar-refractivity contribution in [1.82, 2.24) is 5.32 Å². The lowest BCUT2D eigenvalue weighted by molar-refractivity contribution is -0.123. The molecule has 0 radical (unpaired) electrons. The summed E-state index contributed by atoms with van der Waals surface area (Å²) in [5, 5.41) is 23.3. The summed E-state index contributed by atoms with van der Waals surface area (Å²) >= 11 is 0. The van der Waals surface area contributed by atoms with Gasteiger partial charge in [-0.1, -0.05) is 378 Å². The quantitative estimate of drug-likeness (QED) is 0.0420. The van der Waals surface area contributed by atoms with E-state index < -0.39 is 12.1 Å². The molecule has 4 nitrogen and oxygen atoms in total. The molecule has 456 valence electrons. The van der Waals surface area contributed by atoms with E-state index in [0.29, 0.717) is 6.42 Å². The van der Waals surface area contributed by atoms with Crippen LogP contribution >= 0.6 is 0 Å². The SMILES string of the molecule is CCCCCCCCCC/C=C\CCCCCCCCCCCCCCCCCCCCCCCCCC(=O)NC(CO)C(O)/C=C/CC/C=C/CCCCCCCCCCCCCCCCCCCCCCCCCC. The van der Waals surface area contributed by atoms with Crippen molar-refractivity contribution in [2.45, 2.75) is 418 Å². The number of carbonyl (C=O) groups excluding carboxylic acids is 1. The number of allylic oxidation sites excluding steroid dienone is 5. The molecule has 0 aromatic rings. The maximum atomic E-state index is 12.5. The third kappa shape index (κ3) is 65.3. The van der Waals surface area contributed by atoms with Crippen LogP contribution in [0.1, 0.15) is 406 Å². The molecule has 0 aromatic heterocycles. The molecule has 77 heavy (non-hydrogen) atoms. The van der Waals surface area contributed by atoms with Crippen LogP contribution in [0.2, 0.25) is 0 Å². The number of aliphatic hydroxyl groups excluding tert-OH is 2. The minimum atomic E-state index is -0.863. The van der Waals surface area contributed by atoms with Crippen LogP contribution in [-0.2, 0) is 4.79 Å². The normalized spacial score (nSPS) is 12.8. The minimum absolute atomic E-state index is 0.0650. The Hall–Kier alpha value is -1.39. The van der Waals surface area contributed by atoms with E-state index in [2.05, 4.69) is 43.5 Å². The van der Waals surface area contributed by atoms with Crippen LogP contribution in [0.15, 0.2) is 36.5 Å². The Kier molecular flexibility index (Phi) is 67.6. The topological polar surface area (TPSA) is 69.6 Å². The summed E-state index contributed by atoms with van der Waals surface area (Å²) < 4.78 is 0. The first-order valence-electron chi connectivity index (χ1n) is 35.7. The van der Waals surface area contributed by atoms with Crippen LogP contribution in [0.5, 0.6) is 0 Å². The molecule has 0 rings (SSSR count). The molecule has 0 aliphatic carbocycles. The molecule has 2 unspecified atom stereocenters. The van der Waals surface area contributed by atoms with Crippen LogP contribution in [-0.4, -0.2) is 34.9 Å². The van der Waals surface area contributed by atoms with Gasteiger partial charge in [0.05, 0.1) is 18.8 Å². The predicted octanol–water partition coefficient (Wildman–Crippen LogP) is 24.3. The summed E-state index contributed by atoms with van der Waals surface area (Å²) in [4.78, 5) is 12.5. The van der Waals surface area contributed by atoms with E-state index in [9.17, 15) is 15.0 Å². The van der Waals surface area contributed by atoms with Crippen molar-refractivity contribution < 1.29 is 15.0 Å². The lowest BCUT2D eigenvalue weighted by Crippen LogP contribution is -2.45. The van der Waals surface area contributed by atoms with E-state index in [0.717, 1.165) is 32.1 Å². The summed E-state index contributed by atoms with van der Waals surface area (Å²) in [7, 11) is 0. The van der Waals surface area contributed by atoms with Gasteiger partial charge in [-0.3, -0.25) is 4.79 Å². The summed E-state index contributed by atoms with van der Waals surface area (Å²) in [6.07, 6.45) is 95.4. The Morgan fingerprint density at radius 3 is 0.753 bits per heavy atom. The lowest BCUT2D eigenvalue weighted by Gasteiger charge is -2.19. The molecule has 0 aliphatic rings. The van der Waals surface area contributed by atoms with E-state index in [1.165, 1.54) is 353 Å². The van der Waals surface area contributed by atoms with Crippen molar-refractivity contribution in [2.24, 2.45) is 0 Å². The molecule has 0 aromatic carbocycles. The fourth-order valence-electron chi connectivity index (χ4n) is 11.4. The van der Waals surface area contributed by atoms with Crippen LogP contribution in [0.4, 0.5) is 0 Å². The molecule has 0 aliphatic heterocycles. The monoisotopic (exact) mass is 1080 g/mol. The molecule has 4 heteroatoms. The maximum Gasteiger partial charge on any atom is 0.220 e. The number of rotatable bonds is 67. The number of nitrogens with one attached hydrogen (secondary N) is 1. The highest BCUT2D eigenvalue weighted by molar-refractivity contribution is 5.76. The zero-order valence-electron chi connectivity index (χ0n) is 52.8. The van der Waals surface area contributed by atoms with E-state index in [1.54, 1.807) is 6.08 Å². The van der Waals surface area contributed by atoms with Gasteiger partial charge < -0.3 is 15.5 Å². The van der Waals surface area contributed by atoms with Crippen LogP contribution in [0.25, 0.3) is 0 Å². The second-order valence-electron chi connectivity index (χ2n) is 24.6. The van der Waals surface area contributed by atoms with Gasteiger partial charge in [-0.05, 0) is 57.8 Å². The molecular formula is C73H141NO3. The second kappa shape index (κ2) is 68.9. The first-order valence-corrected chi connectivity index (χ1v) is 35.7. The maximum absolute atomic E-state index is 12.5. The molecule has 0 saturated carbocycles. The Bertz CT molecular complexity index is 1180. The zero-order valence-corrected chi connectivity index (χ0v) is 52.8. The molecule has 0 bridgehead atoms. The number of hydrogen-bond donors (Lipinski definition) is 3. The average molecular weight is 1080 g/mol. The summed E-state index contributed by atoms with van der Waals surface area (Å²) in [5.74, 6) is -0.0650. The van der Waals surface area contributed by atoms with Crippen LogP contribution in [0.3, 0.4) is 0 Å². The number of hydrogen-bond acceptors (Lipinski definition) is 3. The molecule has 2 atom stereocenters. The van der Waals surface area contributed by atoms with Crippen molar-refractivity contribution in [3.05, 3.63) is 36.5 Å². The van der Waals surface area contributed by atoms with Crippen LogP contribution < -0.4 is 5.32 Å². The molecule has 0 fully saturated rings. The number of aliphatic hydroxyl groups is 2. The fraction of sp³-hybridized carbons (Fsp3) is 0.904. The van der Waals surface area contributed by atoms with Gasteiger partial charge in [-0.25, -0.2) is 0 Å². The van der Waals surface area contributed by atoms with Gasteiger partial charge in [0.2, 0.25) is 5.91 Å². The first-order chi connectivity index (χ1) is 38.2. The van der Waals surface area contributed by atoms with Crippen molar-refractivity contribution in [1.29, 1.82) is 0 Å². The minimum Gasteiger partial charge on any atom is -0.394 e. The third-order valence-electron chi connectivity index (χ3n) is 16.8. The fourth-order valence-corrected chi connectivity index (χ4v) is 11.4. The van der Waals surface area contributed by atoms with Crippen molar-refractivity contribution in [2.75, 3.05) is 6.61 Å². The van der Waals surface area contributed by atoms with Crippen molar-refractivity contribution >= 4 is 5.91 Å². The predicted molar refractivity (Wildman–Crippen MR) is 345 cm³/mol. The van der Waals surface area contributed by atoms with Gasteiger partial charge in [0.25, 0.3) is 0 Å². The van der Waals surface area contributed by atoms with Gasteiger partial charge in [0.1, 0.15) is 0 Å². The Balaban J connectivity index is 3.43. The van der Waals surface area contributed by atoms with Gasteiger partial charge in [0.15, 0.2) is 0 Å². The van der Waals surface area contributed by atoms with Gasteiger partial charge >= 0.3 is 0 Å². The molecule has 0 heterocycles. The lowest BCUT2D eigenvalue weighted by atomic mass is 10.0. The molecule has 0 spiro atoms. The summed E-state index contributed by atoms with van der Waals surface area (Å²) in [5.41, 5.74) is 0. The zero-order chi connectivity index (χ0) is 55.5. The largest absolute Gasteiger partial charge is 0.394 e. The van der Waals surface area contributed by atoms with Crippen molar-refractivity contribution in [3.63, 3.8) is 0 Å². The van der Waals surface area contributed by atoms with Crippen molar-refractivity contribution in [3.8, 4) is 0 Å². The third-order valence-corrected chi connectivity index (χ3v) is 16.8. The van der Waals surface area contributed by atoms with Gasteiger partial charge in [-0.15, -0.1) is 0 Å². The molecule has 1 amide bonds. The average Bonchev–Trinajstić information content (AvgIpc) is 3.43. The number of amides is 1. The molecule has 0 saturated heterocycles. The van der Waals surface area contributed by atoms with E-state index in [-0.39, 0.29) is 12.5 Å². The second-order valence-corrected chi connectivity index (χ2v) is 24.6. The highest BCUT2D eigenvalue weighted by Crippen LogP contribution is 2.19. The Morgan fingerprint density at radius 2 is 0.506 bits per heavy atom. The Labute approximate surface area is 484 Å². The van der Waals surface area contributed by atoms with Crippen LogP contribution in [0, 0.1) is 0 Å². The Morgan fingerprint density at radius 1 is 0.299 bits per heavy atom. The molecular weight excluding hydrogens is 939 g/mol. The number of unbranched alkanes of at least 4 members (excludes halogenated alkanes) is 56. The summed E-state index contributed by atoms with van der Waals surface area (Å²) in [6, 6.07) is -0.639.